The van der Waals surface area contributed by atoms with E-state index in [2.05, 4.69) is 42.5 Å². The number of unbranched alkanes of at least 4 members (excludes halogenated alkanes) is 9. The lowest BCUT2D eigenvalue weighted by molar-refractivity contribution is -0.0113. The summed E-state index contributed by atoms with van der Waals surface area (Å²) >= 11 is 0. The molecule has 2 aliphatic heterocycles. The van der Waals surface area contributed by atoms with E-state index >= 15 is 0 Å². The first-order valence-electron chi connectivity index (χ1n) is 21.2. The molecule has 53 heavy (non-hydrogen) atoms. The minimum absolute atomic E-state index is 0.0201. The number of aromatic nitrogens is 3. The lowest BCUT2D eigenvalue weighted by Gasteiger charge is -2.56. The molecule has 8 rings (SSSR count). The molecule has 292 valence electrons. The molecule has 11 heteroatoms. The van der Waals surface area contributed by atoms with Gasteiger partial charge < -0.3 is 10.0 Å². The number of aryl methyl sites for hydroxylation is 1. The third kappa shape index (κ3) is 8.62. The fourth-order valence-corrected chi connectivity index (χ4v) is 11.9. The van der Waals surface area contributed by atoms with Crippen LogP contribution in [-0.2, 0) is 16.4 Å². The van der Waals surface area contributed by atoms with Gasteiger partial charge in [-0.05, 0) is 113 Å². The molecule has 3 heterocycles. The second-order valence-corrected chi connectivity index (χ2v) is 19.6. The summed E-state index contributed by atoms with van der Waals surface area (Å²) < 4.78 is 28.7. The van der Waals surface area contributed by atoms with Gasteiger partial charge in [0.05, 0.1) is 17.2 Å². The number of rotatable bonds is 20. The van der Waals surface area contributed by atoms with E-state index < -0.39 is 10.0 Å². The molecule has 2 aromatic rings. The largest absolute Gasteiger partial charge is 0.396 e. The summed E-state index contributed by atoms with van der Waals surface area (Å²) in [5, 5.41) is 19.6. The number of aliphatic imine (C=N–C) groups is 1. The summed E-state index contributed by atoms with van der Waals surface area (Å²) in [5.41, 5.74) is 6.57. The first-order valence-corrected chi connectivity index (χ1v) is 22.9. The van der Waals surface area contributed by atoms with Crippen LogP contribution in [0.2, 0.25) is 0 Å². The molecule has 0 spiro atoms. The lowest BCUT2D eigenvalue weighted by atomic mass is 9.48. The SMILES string of the molecule is CCCCCCCCCCCCS(=O)(=O)NCC(C)c1nc2n(n1)N=C(C13CC4CC(CC(C4)C1)C3)C2=Nc1cc2c(cc1C)N(CCCO)C(C)C2. The van der Waals surface area contributed by atoms with Crippen LogP contribution in [0.15, 0.2) is 22.2 Å². The van der Waals surface area contributed by atoms with E-state index in [1.807, 2.05) is 6.92 Å². The number of aliphatic hydroxyl groups is 1. The summed E-state index contributed by atoms with van der Waals surface area (Å²) in [4.78, 5) is 14.7. The molecule has 0 saturated heterocycles. The van der Waals surface area contributed by atoms with Crippen LogP contribution < -0.4 is 9.62 Å². The summed E-state index contributed by atoms with van der Waals surface area (Å²) in [6.45, 7) is 9.94. The Labute approximate surface area is 318 Å². The van der Waals surface area contributed by atoms with E-state index in [1.54, 1.807) is 4.79 Å². The second kappa shape index (κ2) is 16.6. The maximum absolute atomic E-state index is 12.9. The van der Waals surface area contributed by atoms with Crippen LogP contribution in [0, 0.1) is 30.1 Å². The molecule has 2 unspecified atom stereocenters. The Kier molecular flexibility index (Phi) is 12.1. The third-order valence-electron chi connectivity index (χ3n) is 13.1. The molecule has 2 N–H and O–H groups in total. The minimum atomic E-state index is -3.38. The van der Waals surface area contributed by atoms with Gasteiger partial charge in [0.25, 0.3) is 0 Å². The van der Waals surface area contributed by atoms with E-state index in [-0.39, 0.29) is 30.2 Å². The molecule has 1 aromatic carbocycles. The van der Waals surface area contributed by atoms with Crippen molar-refractivity contribution in [2.75, 3.05) is 30.3 Å². The van der Waals surface area contributed by atoms with E-state index in [0.717, 1.165) is 72.7 Å². The maximum atomic E-state index is 12.9. The van der Waals surface area contributed by atoms with Crippen LogP contribution in [0.5, 0.6) is 0 Å². The van der Waals surface area contributed by atoms with Crippen molar-refractivity contribution in [2.45, 2.75) is 155 Å². The summed E-state index contributed by atoms with van der Waals surface area (Å²) in [6, 6.07) is 4.91. The smallest absolute Gasteiger partial charge is 0.211 e. The Hall–Kier alpha value is -2.63. The average molecular weight is 748 g/mol. The normalized spacial score (nSPS) is 27.2. The van der Waals surface area contributed by atoms with E-state index in [0.29, 0.717) is 24.1 Å². The topological polar surface area (TPSA) is 125 Å². The highest BCUT2D eigenvalue weighted by Crippen LogP contribution is 2.61. The predicted octanol–water partition coefficient (Wildman–Crippen LogP) is 8.22. The van der Waals surface area contributed by atoms with Gasteiger partial charge in [0.2, 0.25) is 15.8 Å². The highest BCUT2D eigenvalue weighted by atomic mass is 32.2. The van der Waals surface area contributed by atoms with E-state index in [4.69, 9.17) is 20.2 Å². The number of sulfonamides is 1. The Bertz CT molecular complexity index is 1730. The van der Waals surface area contributed by atoms with Gasteiger partial charge in [-0.2, -0.15) is 5.10 Å². The van der Waals surface area contributed by atoms with Crippen LogP contribution >= 0.6 is 0 Å². The quantitative estimate of drug-likeness (QED) is 0.132. The number of hydrogen-bond donors (Lipinski definition) is 2. The number of fused-ring (bicyclic) bond motifs is 2. The molecule has 2 atom stereocenters. The molecule has 4 bridgehead atoms. The Morgan fingerprint density at radius 3 is 2.25 bits per heavy atom. The minimum Gasteiger partial charge on any atom is -0.396 e. The van der Waals surface area contributed by atoms with Crippen molar-refractivity contribution in [1.82, 2.24) is 19.6 Å². The highest BCUT2D eigenvalue weighted by molar-refractivity contribution is 7.89. The summed E-state index contributed by atoms with van der Waals surface area (Å²) in [7, 11) is -3.38. The molecule has 0 radical (unpaired) electrons. The molecule has 4 fully saturated rings. The van der Waals surface area contributed by atoms with Crippen LogP contribution in [0.1, 0.15) is 159 Å². The van der Waals surface area contributed by atoms with Gasteiger partial charge in [-0.3, -0.25) is 0 Å². The predicted molar refractivity (Wildman–Crippen MR) is 215 cm³/mol. The van der Waals surface area contributed by atoms with Crippen LogP contribution in [-0.4, -0.2) is 71.3 Å². The van der Waals surface area contributed by atoms with Crippen LogP contribution in [0.4, 0.5) is 11.4 Å². The van der Waals surface area contributed by atoms with Crippen molar-refractivity contribution >= 4 is 32.8 Å². The number of anilines is 1. The highest BCUT2D eigenvalue weighted by Gasteiger charge is 2.56. The fourth-order valence-electron chi connectivity index (χ4n) is 10.7. The number of benzene rings is 1. The van der Waals surface area contributed by atoms with Crippen molar-refractivity contribution in [2.24, 2.45) is 33.3 Å². The Morgan fingerprint density at radius 2 is 1.60 bits per heavy atom. The average Bonchev–Trinajstić information content (AvgIpc) is 3.78. The van der Waals surface area contributed by atoms with Gasteiger partial charge >= 0.3 is 0 Å². The van der Waals surface area contributed by atoms with Gasteiger partial charge in [-0.25, -0.2) is 23.1 Å². The van der Waals surface area contributed by atoms with Gasteiger partial charge in [0.1, 0.15) is 5.71 Å². The number of nitrogens with zero attached hydrogens (tertiary/aromatic N) is 6. The zero-order valence-electron chi connectivity index (χ0n) is 33.0. The zero-order valence-corrected chi connectivity index (χ0v) is 33.8. The van der Waals surface area contributed by atoms with Crippen molar-refractivity contribution in [3.8, 4) is 0 Å². The molecule has 0 amide bonds. The molecule has 6 aliphatic rings. The van der Waals surface area contributed by atoms with Crippen molar-refractivity contribution in [3.05, 3.63) is 34.9 Å². The molecular formula is C42H65N7O3S. The molecule has 4 saturated carbocycles. The first-order chi connectivity index (χ1) is 25.6. The number of nitrogens with one attached hydrogen (secondary N) is 1. The van der Waals surface area contributed by atoms with Gasteiger partial charge in [-0.1, -0.05) is 71.6 Å². The second-order valence-electron chi connectivity index (χ2n) is 17.6. The monoisotopic (exact) mass is 747 g/mol. The lowest BCUT2D eigenvalue weighted by Crippen LogP contribution is -2.51. The standard InChI is InChI=1S/C42H65N7O3S/c1-5-6-7-8-9-10-11-12-13-14-18-53(51,52)43-28-30(3)40-45-41-38(44-36-24-35-20-31(4)48(16-15-17-50)37(35)19-29(36)2)39(46-49(41)47-40)42-25-32-21-33(26-42)23-34(22-32)27-42/h19,24,30-34,43,50H,5-18,20-23,25-28H2,1-4H3. The van der Waals surface area contributed by atoms with Gasteiger partial charge in [0, 0.05) is 42.8 Å². The van der Waals surface area contributed by atoms with Crippen LogP contribution in [0.3, 0.4) is 0 Å². The maximum Gasteiger partial charge on any atom is 0.211 e. The summed E-state index contributed by atoms with van der Waals surface area (Å²) in [5.74, 6) is 3.54. The fraction of sp³-hybridized carbons (Fsp3) is 0.762. The Morgan fingerprint density at radius 1 is 0.962 bits per heavy atom. The van der Waals surface area contributed by atoms with Crippen LogP contribution in [0.25, 0.3) is 0 Å². The molecule has 4 aliphatic carbocycles. The number of hydrogen-bond acceptors (Lipinski definition) is 8. The number of aliphatic hydroxyl groups excluding tert-OH is 1. The van der Waals surface area contributed by atoms with Crippen molar-refractivity contribution in [3.63, 3.8) is 0 Å². The third-order valence-corrected chi connectivity index (χ3v) is 14.6. The molecule has 10 nitrogen and oxygen atoms in total. The first kappa shape index (κ1) is 38.6. The van der Waals surface area contributed by atoms with E-state index in [1.165, 1.54) is 94.7 Å². The molecular weight excluding hydrogens is 683 g/mol. The zero-order chi connectivity index (χ0) is 37.2. The Balaban J connectivity index is 1.05. The van der Waals surface area contributed by atoms with Crippen molar-refractivity contribution < 1.29 is 13.5 Å². The summed E-state index contributed by atoms with van der Waals surface area (Å²) in [6.07, 6.45) is 21.1. The molecule has 1 aromatic heterocycles. The van der Waals surface area contributed by atoms with E-state index in [9.17, 15) is 13.5 Å². The van der Waals surface area contributed by atoms with Gasteiger partial charge in [-0.15, -0.1) is 9.89 Å². The van der Waals surface area contributed by atoms with Crippen molar-refractivity contribution in [1.29, 1.82) is 0 Å². The van der Waals surface area contributed by atoms with Gasteiger partial charge in [0.15, 0.2) is 5.82 Å².